The number of hydrogen-bond acceptors (Lipinski definition) is 15. The molecule has 33 heavy (non-hydrogen) atoms. The molecular formula is C18H37N5O10. The lowest BCUT2D eigenvalue weighted by molar-refractivity contribution is -0.338. The summed E-state index contributed by atoms with van der Waals surface area (Å²) in [6, 6.07) is -2.80. The van der Waals surface area contributed by atoms with Gasteiger partial charge in [-0.15, -0.1) is 0 Å². The summed E-state index contributed by atoms with van der Waals surface area (Å²) in [5, 5.41) is 61.5. The van der Waals surface area contributed by atoms with Gasteiger partial charge in [0.15, 0.2) is 12.6 Å². The van der Waals surface area contributed by atoms with Gasteiger partial charge >= 0.3 is 0 Å². The van der Waals surface area contributed by atoms with E-state index in [2.05, 4.69) is 0 Å². The predicted octanol–water partition coefficient (Wildman–Crippen LogP) is -7.33. The number of nitrogens with two attached hydrogens (primary N) is 5. The van der Waals surface area contributed by atoms with Crippen molar-refractivity contribution >= 4 is 0 Å². The molecule has 0 aromatic rings. The van der Waals surface area contributed by atoms with Crippen molar-refractivity contribution in [3.8, 4) is 0 Å². The monoisotopic (exact) mass is 483 g/mol. The van der Waals surface area contributed by atoms with Crippen LogP contribution in [-0.4, -0.2) is 135 Å². The molecule has 0 amide bonds. The Morgan fingerprint density at radius 1 is 0.606 bits per heavy atom. The van der Waals surface area contributed by atoms with Gasteiger partial charge in [-0.1, -0.05) is 0 Å². The van der Waals surface area contributed by atoms with Crippen LogP contribution in [0.1, 0.15) is 6.42 Å². The second-order valence-electron chi connectivity index (χ2n) is 8.84. The Kier molecular flexibility index (Phi) is 8.99. The lowest BCUT2D eigenvalue weighted by atomic mass is 9.84. The van der Waals surface area contributed by atoms with E-state index < -0.39 is 91.7 Å². The van der Waals surface area contributed by atoms with E-state index in [1.807, 2.05) is 0 Å². The minimum atomic E-state index is -1.68. The van der Waals surface area contributed by atoms with Gasteiger partial charge in [0.2, 0.25) is 0 Å². The second-order valence-corrected chi connectivity index (χ2v) is 8.84. The maximum Gasteiger partial charge on any atom is 0.187 e. The molecule has 2 saturated heterocycles. The first kappa shape index (κ1) is 27.0. The largest absolute Gasteiger partial charge is 0.389 e. The van der Waals surface area contributed by atoms with E-state index in [0.29, 0.717) is 0 Å². The summed E-state index contributed by atoms with van der Waals surface area (Å²) in [6.45, 7) is -0.305. The van der Waals surface area contributed by atoms with E-state index in [4.69, 9.17) is 47.6 Å². The standard InChI is InChI=1S/C18H37N5O10/c19-2-6-10(25)12(27)8(23)17(30-6)32-15-5(22)1-4(21)9(24)16(15)33-18-14(29)13(28)11(26)7(3-20)31-18/h4-18,24-29H,1-3,19-23H2/t4-,5+,6-,7+,8-,9+,10-,11-,12-,13+,14-,15-,16-,17-,18+/m1/s1. The number of rotatable bonds is 6. The highest BCUT2D eigenvalue weighted by atomic mass is 16.7. The SMILES string of the molecule is NC[C@@H]1O[C@@H](O[C@@H]2[C@@H](O)[C@H](N)C[C@H](N)[C@H]2O[C@H]2O[C@H](CN)[C@@H](O)[C@H](O)[C@H]2N)[C@H](O)[C@@H](O)[C@@H]1O. The van der Waals surface area contributed by atoms with Crippen LogP contribution in [-0.2, 0) is 18.9 Å². The molecular weight excluding hydrogens is 446 g/mol. The quantitative estimate of drug-likeness (QED) is 0.167. The van der Waals surface area contributed by atoms with Crippen molar-refractivity contribution in [1.29, 1.82) is 0 Å². The normalized spacial score (nSPS) is 53.7. The Labute approximate surface area is 190 Å². The maximum atomic E-state index is 10.7. The molecule has 15 atom stereocenters. The maximum absolute atomic E-state index is 10.7. The van der Waals surface area contributed by atoms with E-state index in [-0.39, 0.29) is 19.5 Å². The van der Waals surface area contributed by atoms with Gasteiger partial charge in [-0.2, -0.15) is 0 Å². The first-order valence-corrected chi connectivity index (χ1v) is 10.9. The summed E-state index contributed by atoms with van der Waals surface area (Å²) in [5.41, 5.74) is 29.3. The third-order valence-corrected chi connectivity index (χ3v) is 6.53. The van der Waals surface area contributed by atoms with Crippen LogP contribution in [0.4, 0.5) is 0 Å². The highest BCUT2D eigenvalue weighted by Crippen LogP contribution is 2.31. The van der Waals surface area contributed by atoms with E-state index in [0.717, 1.165) is 0 Å². The minimum Gasteiger partial charge on any atom is -0.389 e. The Morgan fingerprint density at radius 3 is 1.70 bits per heavy atom. The van der Waals surface area contributed by atoms with Crippen LogP contribution in [0.25, 0.3) is 0 Å². The summed E-state index contributed by atoms with van der Waals surface area (Å²) in [4.78, 5) is 0. The van der Waals surface area contributed by atoms with E-state index in [9.17, 15) is 30.6 Å². The molecule has 2 heterocycles. The third kappa shape index (κ3) is 5.32. The molecule has 0 bridgehead atoms. The van der Waals surface area contributed by atoms with E-state index in [1.54, 1.807) is 0 Å². The molecule has 0 unspecified atom stereocenters. The first-order chi connectivity index (χ1) is 15.5. The van der Waals surface area contributed by atoms with Crippen LogP contribution in [0.3, 0.4) is 0 Å². The molecule has 1 saturated carbocycles. The van der Waals surface area contributed by atoms with Crippen LogP contribution >= 0.6 is 0 Å². The lowest BCUT2D eigenvalue weighted by Gasteiger charge is -2.48. The molecule has 3 aliphatic rings. The minimum absolute atomic E-state index is 0.125. The van der Waals surface area contributed by atoms with Crippen LogP contribution in [0.15, 0.2) is 0 Å². The number of aliphatic hydroxyl groups is 6. The Morgan fingerprint density at radius 2 is 1.12 bits per heavy atom. The fourth-order valence-corrected chi connectivity index (χ4v) is 4.41. The molecule has 0 spiro atoms. The molecule has 0 radical (unpaired) electrons. The summed E-state index contributed by atoms with van der Waals surface area (Å²) in [7, 11) is 0. The van der Waals surface area contributed by atoms with Crippen molar-refractivity contribution in [2.75, 3.05) is 13.1 Å². The lowest BCUT2D eigenvalue weighted by Crippen LogP contribution is -2.69. The summed E-state index contributed by atoms with van der Waals surface area (Å²) >= 11 is 0. The molecule has 3 rings (SSSR count). The smallest absolute Gasteiger partial charge is 0.187 e. The van der Waals surface area contributed by atoms with Gasteiger partial charge in [0, 0.05) is 25.2 Å². The number of ether oxygens (including phenoxy) is 4. The molecule has 15 heteroatoms. The molecule has 3 fully saturated rings. The van der Waals surface area contributed by atoms with Gasteiger partial charge in [0.25, 0.3) is 0 Å². The van der Waals surface area contributed by atoms with Gasteiger partial charge in [-0.25, -0.2) is 0 Å². The zero-order valence-corrected chi connectivity index (χ0v) is 18.0. The van der Waals surface area contributed by atoms with Crippen molar-refractivity contribution < 1.29 is 49.6 Å². The molecule has 16 N–H and O–H groups in total. The highest BCUT2D eigenvalue weighted by molar-refractivity contribution is 5.01. The van der Waals surface area contributed by atoms with Crippen LogP contribution in [0.5, 0.6) is 0 Å². The molecule has 15 nitrogen and oxygen atoms in total. The Balaban J connectivity index is 1.80. The third-order valence-electron chi connectivity index (χ3n) is 6.53. The number of aliphatic hydroxyl groups excluding tert-OH is 6. The van der Waals surface area contributed by atoms with Crippen molar-refractivity contribution in [2.24, 2.45) is 28.7 Å². The van der Waals surface area contributed by atoms with E-state index in [1.165, 1.54) is 0 Å². The average molecular weight is 484 g/mol. The fraction of sp³-hybridized carbons (Fsp3) is 1.00. The number of hydrogen-bond donors (Lipinski definition) is 11. The second kappa shape index (κ2) is 11.0. The van der Waals surface area contributed by atoms with Gasteiger partial charge in [-0.3, -0.25) is 0 Å². The van der Waals surface area contributed by atoms with Crippen molar-refractivity contribution in [3.63, 3.8) is 0 Å². The average Bonchev–Trinajstić information content (AvgIpc) is 2.79. The summed E-state index contributed by atoms with van der Waals surface area (Å²) in [6.07, 6.45) is -15.9. The molecule has 0 aromatic carbocycles. The van der Waals surface area contributed by atoms with Gasteiger partial charge < -0.3 is 78.3 Å². The topological polar surface area (TPSA) is 288 Å². The Bertz CT molecular complexity index is 635. The molecule has 2 aliphatic heterocycles. The molecule has 194 valence electrons. The summed E-state index contributed by atoms with van der Waals surface area (Å²) < 4.78 is 22.7. The molecule has 1 aliphatic carbocycles. The zero-order valence-electron chi connectivity index (χ0n) is 18.0. The van der Waals surface area contributed by atoms with Gasteiger partial charge in [0.1, 0.15) is 54.9 Å². The van der Waals surface area contributed by atoms with Crippen LogP contribution in [0.2, 0.25) is 0 Å². The van der Waals surface area contributed by atoms with Crippen molar-refractivity contribution in [2.45, 2.75) is 98.2 Å². The fourth-order valence-electron chi connectivity index (χ4n) is 4.41. The summed E-state index contributed by atoms with van der Waals surface area (Å²) in [5.74, 6) is 0. The first-order valence-electron chi connectivity index (χ1n) is 10.9. The van der Waals surface area contributed by atoms with Crippen molar-refractivity contribution in [1.82, 2.24) is 0 Å². The van der Waals surface area contributed by atoms with Crippen LogP contribution in [0, 0.1) is 0 Å². The molecule has 0 aromatic heterocycles. The highest BCUT2D eigenvalue weighted by Gasteiger charge is 2.51. The zero-order chi connectivity index (χ0) is 24.6. The van der Waals surface area contributed by atoms with E-state index >= 15 is 0 Å². The van der Waals surface area contributed by atoms with Gasteiger partial charge in [0.05, 0.1) is 12.1 Å². The van der Waals surface area contributed by atoms with Crippen LogP contribution < -0.4 is 28.7 Å². The Hall–Kier alpha value is -0.600. The van der Waals surface area contributed by atoms with Gasteiger partial charge in [-0.05, 0) is 6.42 Å². The predicted molar refractivity (Wildman–Crippen MR) is 110 cm³/mol. The van der Waals surface area contributed by atoms with Crippen molar-refractivity contribution in [3.05, 3.63) is 0 Å².